The SMILES string of the molecule is C1=CCC2CCN(Cc3ccccc3)CC2=C1. The average molecular weight is 225 g/mol. The summed E-state index contributed by atoms with van der Waals surface area (Å²) in [6.45, 7) is 3.49. The van der Waals surface area contributed by atoms with E-state index in [1.165, 1.54) is 24.9 Å². The summed E-state index contributed by atoms with van der Waals surface area (Å²) in [5.74, 6) is 0.826. The lowest BCUT2D eigenvalue weighted by Gasteiger charge is -2.35. The van der Waals surface area contributed by atoms with Crippen LogP contribution in [0.1, 0.15) is 18.4 Å². The van der Waals surface area contributed by atoms with Crippen LogP contribution in [0.2, 0.25) is 0 Å². The van der Waals surface area contributed by atoms with Gasteiger partial charge in [-0.3, -0.25) is 4.90 Å². The molecule has 1 aromatic rings. The second-order valence-corrected chi connectivity index (χ2v) is 5.09. The highest BCUT2D eigenvalue weighted by Crippen LogP contribution is 2.29. The number of allylic oxidation sites excluding steroid dienone is 3. The molecule has 1 nitrogen and oxygen atoms in total. The first kappa shape index (κ1) is 10.8. The molecule has 3 rings (SSSR count). The molecular formula is C16H19N. The number of fused-ring (bicyclic) bond motifs is 1. The maximum atomic E-state index is 2.57. The van der Waals surface area contributed by atoms with Crippen LogP contribution in [0.25, 0.3) is 0 Å². The molecule has 0 spiro atoms. The Kier molecular flexibility index (Phi) is 3.10. The van der Waals surface area contributed by atoms with Crippen molar-refractivity contribution in [2.45, 2.75) is 19.4 Å². The van der Waals surface area contributed by atoms with Crippen molar-refractivity contribution in [2.75, 3.05) is 13.1 Å². The van der Waals surface area contributed by atoms with Crippen molar-refractivity contribution >= 4 is 0 Å². The largest absolute Gasteiger partial charge is 0.295 e. The quantitative estimate of drug-likeness (QED) is 0.745. The average Bonchev–Trinajstić information content (AvgIpc) is 2.40. The zero-order valence-corrected chi connectivity index (χ0v) is 10.2. The zero-order chi connectivity index (χ0) is 11.5. The highest BCUT2D eigenvalue weighted by atomic mass is 15.1. The fourth-order valence-corrected chi connectivity index (χ4v) is 2.86. The second-order valence-electron chi connectivity index (χ2n) is 5.09. The normalized spacial score (nSPS) is 24.2. The maximum absolute atomic E-state index is 2.57. The maximum Gasteiger partial charge on any atom is 0.0237 e. The lowest BCUT2D eigenvalue weighted by atomic mass is 9.85. The topological polar surface area (TPSA) is 3.24 Å². The molecule has 1 aliphatic heterocycles. The van der Waals surface area contributed by atoms with Gasteiger partial charge in [0.2, 0.25) is 0 Å². The molecule has 1 fully saturated rings. The van der Waals surface area contributed by atoms with Gasteiger partial charge in [0.25, 0.3) is 0 Å². The number of likely N-dealkylation sites (tertiary alicyclic amines) is 1. The summed E-state index contributed by atoms with van der Waals surface area (Å²) >= 11 is 0. The minimum absolute atomic E-state index is 0.826. The number of nitrogens with zero attached hydrogens (tertiary/aromatic N) is 1. The summed E-state index contributed by atoms with van der Waals surface area (Å²) in [5.41, 5.74) is 3.06. The van der Waals surface area contributed by atoms with Gasteiger partial charge in [-0.1, -0.05) is 54.1 Å². The summed E-state index contributed by atoms with van der Waals surface area (Å²) in [6.07, 6.45) is 9.43. The van der Waals surface area contributed by atoms with Crippen molar-refractivity contribution in [3.8, 4) is 0 Å². The Balaban J connectivity index is 1.66. The van der Waals surface area contributed by atoms with E-state index in [-0.39, 0.29) is 0 Å². The third-order valence-electron chi connectivity index (χ3n) is 3.84. The predicted molar refractivity (Wildman–Crippen MR) is 71.7 cm³/mol. The molecule has 1 heterocycles. The molecule has 2 aliphatic rings. The van der Waals surface area contributed by atoms with Gasteiger partial charge in [-0.05, 0) is 30.9 Å². The number of hydrogen-bond acceptors (Lipinski definition) is 1. The molecule has 1 aliphatic carbocycles. The van der Waals surface area contributed by atoms with E-state index in [0.717, 1.165) is 19.0 Å². The van der Waals surface area contributed by atoms with Gasteiger partial charge in [0, 0.05) is 13.1 Å². The monoisotopic (exact) mass is 225 g/mol. The number of piperidine rings is 1. The summed E-state index contributed by atoms with van der Waals surface area (Å²) in [5, 5.41) is 0. The van der Waals surface area contributed by atoms with E-state index in [1.54, 1.807) is 5.57 Å². The Morgan fingerprint density at radius 1 is 1.18 bits per heavy atom. The summed E-state index contributed by atoms with van der Waals surface area (Å²) < 4.78 is 0. The van der Waals surface area contributed by atoms with Crippen LogP contribution in [-0.4, -0.2) is 18.0 Å². The third kappa shape index (κ3) is 2.50. The van der Waals surface area contributed by atoms with Crippen molar-refractivity contribution in [2.24, 2.45) is 5.92 Å². The Morgan fingerprint density at radius 2 is 2.06 bits per heavy atom. The molecule has 88 valence electrons. The van der Waals surface area contributed by atoms with Gasteiger partial charge in [-0.15, -0.1) is 0 Å². The predicted octanol–water partition coefficient (Wildman–Crippen LogP) is 3.39. The van der Waals surface area contributed by atoms with E-state index >= 15 is 0 Å². The van der Waals surface area contributed by atoms with E-state index in [2.05, 4.69) is 53.5 Å². The van der Waals surface area contributed by atoms with E-state index < -0.39 is 0 Å². The van der Waals surface area contributed by atoms with Crippen LogP contribution in [0.5, 0.6) is 0 Å². The fraction of sp³-hybridized carbons (Fsp3) is 0.375. The first-order valence-corrected chi connectivity index (χ1v) is 6.54. The molecular weight excluding hydrogens is 206 g/mol. The molecule has 1 unspecified atom stereocenters. The summed E-state index contributed by atoms with van der Waals surface area (Å²) in [6, 6.07) is 10.8. The molecule has 1 atom stereocenters. The lowest BCUT2D eigenvalue weighted by molar-refractivity contribution is 0.225. The van der Waals surface area contributed by atoms with Crippen LogP contribution in [0, 0.1) is 5.92 Å². The van der Waals surface area contributed by atoms with Crippen molar-refractivity contribution in [3.05, 3.63) is 59.7 Å². The first-order chi connectivity index (χ1) is 8.42. The molecule has 1 heteroatoms. The highest BCUT2D eigenvalue weighted by molar-refractivity contribution is 5.24. The molecule has 1 saturated heterocycles. The molecule has 1 aromatic carbocycles. The third-order valence-corrected chi connectivity index (χ3v) is 3.84. The molecule has 0 radical (unpaired) electrons. The van der Waals surface area contributed by atoms with Gasteiger partial charge in [0.1, 0.15) is 0 Å². The van der Waals surface area contributed by atoms with Crippen LogP contribution < -0.4 is 0 Å². The molecule has 0 bridgehead atoms. The Morgan fingerprint density at radius 3 is 2.94 bits per heavy atom. The van der Waals surface area contributed by atoms with Gasteiger partial charge in [0.15, 0.2) is 0 Å². The number of benzene rings is 1. The van der Waals surface area contributed by atoms with E-state index in [9.17, 15) is 0 Å². The van der Waals surface area contributed by atoms with Gasteiger partial charge < -0.3 is 0 Å². The Bertz CT molecular complexity index is 430. The Labute approximate surface area is 103 Å². The van der Waals surface area contributed by atoms with Crippen LogP contribution in [-0.2, 0) is 6.54 Å². The fourth-order valence-electron chi connectivity index (χ4n) is 2.86. The van der Waals surface area contributed by atoms with Gasteiger partial charge in [-0.2, -0.15) is 0 Å². The van der Waals surface area contributed by atoms with Crippen molar-refractivity contribution in [1.82, 2.24) is 4.90 Å². The minimum Gasteiger partial charge on any atom is -0.295 e. The van der Waals surface area contributed by atoms with E-state index in [1.807, 2.05) is 0 Å². The minimum atomic E-state index is 0.826. The van der Waals surface area contributed by atoms with E-state index in [0.29, 0.717) is 0 Å². The highest BCUT2D eigenvalue weighted by Gasteiger charge is 2.23. The first-order valence-electron chi connectivity index (χ1n) is 6.54. The molecule has 0 saturated carbocycles. The number of rotatable bonds is 2. The van der Waals surface area contributed by atoms with Crippen LogP contribution in [0.15, 0.2) is 54.1 Å². The van der Waals surface area contributed by atoms with Gasteiger partial charge in [0.05, 0.1) is 0 Å². The van der Waals surface area contributed by atoms with Crippen molar-refractivity contribution < 1.29 is 0 Å². The molecule has 0 aromatic heterocycles. The molecule has 0 N–H and O–H groups in total. The van der Waals surface area contributed by atoms with Crippen LogP contribution >= 0.6 is 0 Å². The van der Waals surface area contributed by atoms with Crippen LogP contribution in [0.4, 0.5) is 0 Å². The van der Waals surface area contributed by atoms with Crippen LogP contribution in [0.3, 0.4) is 0 Å². The van der Waals surface area contributed by atoms with Gasteiger partial charge >= 0.3 is 0 Å². The summed E-state index contributed by atoms with van der Waals surface area (Å²) in [4.78, 5) is 2.57. The van der Waals surface area contributed by atoms with Crippen molar-refractivity contribution in [1.29, 1.82) is 0 Å². The lowest BCUT2D eigenvalue weighted by Crippen LogP contribution is -2.35. The smallest absolute Gasteiger partial charge is 0.0237 e. The van der Waals surface area contributed by atoms with Gasteiger partial charge in [-0.25, -0.2) is 0 Å². The standard InChI is InChI=1S/C16H19N/c1-2-6-14(7-3-1)12-17-11-10-15-8-4-5-9-16(15)13-17/h1-7,9,15H,8,10-13H2. The Hall–Kier alpha value is -1.34. The molecule has 17 heavy (non-hydrogen) atoms. The second kappa shape index (κ2) is 4.89. The summed E-state index contributed by atoms with van der Waals surface area (Å²) in [7, 11) is 0. The number of hydrogen-bond donors (Lipinski definition) is 0. The zero-order valence-electron chi connectivity index (χ0n) is 10.2. The van der Waals surface area contributed by atoms with Crippen molar-refractivity contribution in [3.63, 3.8) is 0 Å². The van der Waals surface area contributed by atoms with E-state index in [4.69, 9.17) is 0 Å². The molecule has 0 amide bonds.